The van der Waals surface area contributed by atoms with E-state index in [-0.39, 0.29) is 11.1 Å². The maximum Gasteiger partial charge on any atom is 0.337 e. The fourth-order valence-electron chi connectivity index (χ4n) is 3.33. The Kier molecular flexibility index (Phi) is 8.95. The van der Waals surface area contributed by atoms with Crippen LogP contribution in [0.25, 0.3) is 0 Å². The van der Waals surface area contributed by atoms with Gasteiger partial charge in [-0.1, -0.05) is 59.6 Å². The average Bonchev–Trinajstić information content (AvgIpc) is 2.86. The number of carboxylic acids is 2. The van der Waals surface area contributed by atoms with Crippen LogP contribution in [0.3, 0.4) is 0 Å². The molecule has 0 fully saturated rings. The van der Waals surface area contributed by atoms with Crippen molar-refractivity contribution in [2.75, 3.05) is 10.6 Å². The quantitative estimate of drug-likeness (QED) is 0.203. The summed E-state index contributed by atoms with van der Waals surface area (Å²) < 4.78 is 0. The van der Waals surface area contributed by atoms with Gasteiger partial charge in [-0.25, -0.2) is 9.59 Å². The molecule has 0 aliphatic carbocycles. The van der Waals surface area contributed by atoms with Crippen LogP contribution in [-0.4, -0.2) is 22.2 Å². The van der Waals surface area contributed by atoms with E-state index in [1.807, 2.05) is 38.1 Å². The number of benzene rings is 4. The number of hydrogen-bond acceptors (Lipinski definition) is 4. The lowest BCUT2D eigenvalue weighted by Crippen LogP contribution is -2.03. The number of anilines is 4. The Labute approximate surface area is 219 Å². The second-order valence-electron chi connectivity index (χ2n) is 7.78. The molecule has 8 heteroatoms. The van der Waals surface area contributed by atoms with Crippen molar-refractivity contribution < 1.29 is 19.8 Å². The second-order valence-corrected chi connectivity index (χ2v) is 8.59. The van der Waals surface area contributed by atoms with Gasteiger partial charge in [0, 0.05) is 21.4 Å². The molecular formula is C28H24Cl2N2O4. The van der Waals surface area contributed by atoms with E-state index in [9.17, 15) is 9.59 Å². The Balaban J connectivity index is 0.000000201. The molecule has 4 aromatic carbocycles. The minimum absolute atomic E-state index is 0.233. The number of carboxylic acid groups (broad SMARTS) is 2. The highest BCUT2D eigenvalue weighted by molar-refractivity contribution is 6.32. The smallest absolute Gasteiger partial charge is 0.337 e. The first-order valence-corrected chi connectivity index (χ1v) is 11.6. The first-order chi connectivity index (χ1) is 17.2. The van der Waals surface area contributed by atoms with Crippen LogP contribution in [0.15, 0.2) is 84.9 Å². The van der Waals surface area contributed by atoms with Gasteiger partial charge < -0.3 is 20.8 Å². The highest BCUT2D eigenvalue weighted by Gasteiger charge is 2.11. The van der Waals surface area contributed by atoms with Crippen LogP contribution in [0, 0.1) is 13.8 Å². The van der Waals surface area contributed by atoms with E-state index in [0.29, 0.717) is 21.4 Å². The van der Waals surface area contributed by atoms with Gasteiger partial charge in [0.15, 0.2) is 0 Å². The molecule has 0 bridgehead atoms. The van der Waals surface area contributed by atoms with Gasteiger partial charge in [0.2, 0.25) is 0 Å². The lowest BCUT2D eigenvalue weighted by Gasteiger charge is -2.12. The maximum atomic E-state index is 11.1. The van der Waals surface area contributed by atoms with E-state index in [2.05, 4.69) is 10.6 Å². The van der Waals surface area contributed by atoms with Crippen LogP contribution in [-0.2, 0) is 0 Å². The number of nitrogens with one attached hydrogen (secondary N) is 2. The Hall–Kier alpha value is -4.00. The lowest BCUT2D eigenvalue weighted by molar-refractivity contribution is 0.0687. The summed E-state index contributed by atoms with van der Waals surface area (Å²) in [7, 11) is 0. The van der Waals surface area contributed by atoms with Gasteiger partial charge in [0.05, 0.1) is 22.5 Å². The second kappa shape index (κ2) is 12.1. The van der Waals surface area contributed by atoms with E-state index >= 15 is 0 Å². The highest BCUT2D eigenvalue weighted by atomic mass is 35.5. The molecule has 0 spiro atoms. The standard InChI is InChI=1S/2C14H12ClNO2/c2*1-9-11(15)6-4-8-12(9)16-13-7-3-2-5-10(13)14(17)18/h2*2-8,16H,1H3,(H,17,18). The van der Waals surface area contributed by atoms with Crippen molar-refractivity contribution in [3.8, 4) is 0 Å². The Morgan fingerprint density at radius 3 is 1.25 bits per heavy atom. The lowest BCUT2D eigenvalue weighted by atomic mass is 10.1. The van der Waals surface area contributed by atoms with Gasteiger partial charge in [0.1, 0.15) is 0 Å². The van der Waals surface area contributed by atoms with Crippen molar-refractivity contribution in [3.63, 3.8) is 0 Å². The van der Waals surface area contributed by atoms with Crippen LogP contribution in [0.4, 0.5) is 22.7 Å². The summed E-state index contributed by atoms with van der Waals surface area (Å²) >= 11 is 12.1. The van der Waals surface area contributed by atoms with Crippen molar-refractivity contribution in [2.45, 2.75) is 13.8 Å². The van der Waals surface area contributed by atoms with E-state index in [1.165, 1.54) is 0 Å². The topological polar surface area (TPSA) is 98.7 Å². The summed E-state index contributed by atoms with van der Waals surface area (Å²) in [6.45, 7) is 3.77. The first-order valence-electron chi connectivity index (χ1n) is 10.9. The van der Waals surface area contributed by atoms with Crippen molar-refractivity contribution in [1.29, 1.82) is 0 Å². The van der Waals surface area contributed by atoms with Crippen molar-refractivity contribution in [1.82, 2.24) is 0 Å². The largest absolute Gasteiger partial charge is 0.478 e. The molecule has 0 heterocycles. The molecule has 0 amide bonds. The predicted octanol–water partition coefficient (Wildman–Crippen LogP) is 8.18. The fourth-order valence-corrected chi connectivity index (χ4v) is 3.68. The number of para-hydroxylation sites is 2. The third kappa shape index (κ3) is 6.56. The average molecular weight is 523 g/mol. The molecule has 0 aromatic heterocycles. The van der Waals surface area contributed by atoms with Crippen LogP contribution in [0.2, 0.25) is 10.0 Å². The van der Waals surface area contributed by atoms with Gasteiger partial charge in [-0.3, -0.25) is 0 Å². The van der Waals surface area contributed by atoms with Crippen molar-refractivity contribution in [2.24, 2.45) is 0 Å². The summed E-state index contributed by atoms with van der Waals surface area (Å²) in [5, 5.41) is 25.7. The molecule has 6 nitrogen and oxygen atoms in total. The number of halogens is 2. The van der Waals surface area contributed by atoms with Gasteiger partial charge in [-0.2, -0.15) is 0 Å². The highest BCUT2D eigenvalue weighted by Crippen LogP contribution is 2.29. The van der Waals surface area contributed by atoms with Gasteiger partial charge >= 0.3 is 11.9 Å². The normalized spacial score (nSPS) is 10.1. The van der Waals surface area contributed by atoms with Crippen molar-refractivity contribution in [3.05, 3.63) is 117 Å². The van der Waals surface area contributed by atoms with Gasteiger partial charge in [-0.15, -0.1) is 0 Å². The minimum Gasteiger partial charge on any atom is -0.478 e. The molecule has 184 valence electrons. The van der Waals surface area contributed by atoms with Crippen molar-refractivity contribution >= 4 is 57.9 Å². The number of aromatic carboxylic acids is 2. The molecule has 36 heavy (non-hydrogen) atoms. The number of rotatable bonds is 6. The zero-order valence-corrected chi connectivity index (χ0v) is 21.1. The van der Waals surface area contributed by atoms with E-state index in [4.69, 9.17) is 33.4 Å². The number of hydrogen-bond donors (Lipinski definition) is 4. The molecule has 0 aliphatic heterocycles. The summed E-state index contributed by atoms with van der Waals surface area (Å²) in [5.41, 5.74) is 4.95. The van der Waals surface area contributed by atoms with Crippen LogP contribution in [0.1, 0.15) is 31.8 Å². The molecule has 0 radical (unpaired) electrons. The molecule has 0 aliphatic rings. The summed E-state index contributed by atoms with van der Waals surface area (Å²) in [6.07, 6.45) is 0. The fraction of sp³-hybridized carbons (Fsp3) is 0.0714. The van der Waals surface area contributed by atoms with E-state index in [1.54, 1.807) is 60.7 Å². The van der Waals surface area contributed by atoms with Gasteiger partial charge in [-0.05, 0) is 73.5 Å². The molecule has 4 rings (SSSR count). The Morgan fingerprint density at radius 1 is 0.556 bits per heavy atom. The zero-order valence-electron chi connectivity index (χ0n) is 19.5. The third-order valence-corrected chi connectivity index (χ3v) is 6.21. The van der Waals surface area contributed by atoms with E-state index in [0.717, 1.165) is 22.5 Å². The van der Waals surface area contributed by atoms with Gasteiger partial charge in [0.25, 0.3) is 0 Å². The summed E-state index contributed by atoms with van der Waals surface area (Å²) in [5.74, 6) is -1.92. The Morgan fingerprint density at radius 2 is 0.889 bits per heavy atom. The van der Waals surface area contributed by atoms with Crippen LogP contribution >= 0.6 is 23.2 Å². The monoisotopic (exact) mass is 522 g/mol. The SMILES string of the molecule is Cc1c(Cl)cccc1Nc1ccccc1C(=O)O.Cc1c(Cl)cccc1Nc1ccccc1C(=O)O. The molecule has 0 unspecified atom stereocenters. The maximum absolute atomic E-state index is 11.1. The third-order valence-electron chi connectivity index (χ3n) is 5.39. The Bertz CT molecular complexity index is 1300. The molecule has 0 atom stereocenters. The van der Waals surface area contributed by atoms with E-state index < -0.39 is 11.9 Å². The van der Waals surface area contributed by atoms with Crippen LogP contribution in [0.5, 0.6) is 0 Å². The minimum atomic E-state index is -0.960. The summed E-state index contributed by atoms with van der Waals surface area (Å²) in [6, 6.07) is 24.5. The molecule has 0 saturated carbocycles. The van der Waals surface area contributed by atoms with Crippen LogP contribution < -0.4 is 10.6 Å². The molecule has 4 aromatic rings. The molecular weight excluding hydrogens is 499 g/mol. The predicted molar refractivity (Wildman–Crippen MR) is 146 cm³/mol. The first kappa shape index (κ1) is 26.6. The molecule has 4 N–H and O–H groups in total. The number of carbonyl (C=O) groups is 2. The zero-order chi connectivity index (χ0) is 26.2. The molecule has 0 saturated heterocycles. The summed E-state index contributed by atoms with van der Waals surface area (Å²) in [4.78, 5) is 22.2.